The van der Waals surface area contributed by atoms with Crippen molar-refractivity contribution >= 4 is 35.3 Å². The zero-order chi connectivity index (χ0) is 23.5. The van der Waals surface area contributed by atoms with E-state index in [-0.39, 0.29) is 24.0 Å². The van der Waals surface area contributed by atoms with Gasteiger partial charge in [0.05, 0.1) is 23.4 Å². The molecule has 0 unspecified atom stereocenters. The van der Waals surface area contributed by atoms with Gasteiger partial charge >= 0.3 is 12.1 Å². The minimum atomic E-state index is -0.740. The number of esters is 1. The molecule has 9 nitrogen and oxygen atoms in total. The number of benzene rings is 2. The number of amides is 3. The molecule has 170 valence electrons. The molecule has 2 rings (SSSR count). The van der Waals surface area contributed by atoms with Crippen molar-refractivity contribution in [2.24, 2.45) is 5.92 Å². The first-order valence-electron chi connectivity index (χ1n) is 10.2. The lowest BCUT2D eigenvalue weighted by Gasteiger charge is -2.13. The van der Waals surface area contributed by atoms with E-state index in [9.17, 15) is 19.2 Å². The molecule has 0 aliphatic rings. The predicted octanol–water partition coefficient (Wildman–Crippen LogP) is 3.44. The second-order valence-electron chi connectivity index (χ2n) is 7.20. The van der Waals surface area contributed by atoms with Crippen LogP contribution in [-0.2, 0) is 14.3 Å². The van der Waals surface area contributed by atoms with E-state index in [0.717, 1.165) is 0 Å². The summed E-state index contributed by atoms with van der Waals surface area (Å²) in [5.74, 6) is -1.36. The number of anilines is 2. The van der Waals surface area contributed by atoms with Gasteiger partial charge in [-0.15, -0.1) is 0 Å². The molecule has 0 saturated heterocycles. The summed E-state index contributed by atoms with van der Waals surface area (Å²) in [4.78, 5) is 48.4. The summed E-state index contributed by atoms with van der Waals surface area (Å²) in [7, 11) is 0. The molecule has 32 heavy (non-hydrogen) atoms. The lowest BCUT2D eigenvalue weighted by molar-refractivity contribution is -0.119. The van der Waals surface area contributed by atoms with Gasteiger partial charge in [0, 0.05) is 12.2 Å². The number of rotatable bonds is 9. The largest absolute Gasteiger partial charge is 0.452 e. The van der Waals surface area contributed by atoms with Crippen molar-refractivity contribution < 1.29 is 28.7 Å². The van der Waals surface area contributed by atoms with E-state index in [4.69, 9.17) is 9.47 Å². The molecule has 3 N–H and O–H groups in total. The Kier molecular flexibility index (Phi) is 9.22. The standard InChI is InChI=1S/C23H27N3O6/c1-4-31-23(30)25-17-9-7-8-16(12-17)22(29)32-14-20(27)26-19-11-6-5-10-18(19)21(28)24-13-15(2)3/h5-12,15H,4,13-14H2,1-3H3,(H,24,28)(H,25,30)(H,26,27). The Morgan fingerprint density at radius 2 is 1.69 bits per heavy atom. The number of carbonyl (C=O) groups excluding carboxylic acids is 4. The summed E-state index contributed by atoms with van der Waals surface area (Å²) in [6.45, 7) is 5.80. The Morgan fingerprint density at radius 1 is 0.938 bits per heavy atom. The van der Waals surface area contributed by atoms with Crippen molar-refractivity contribution in [3.63, 3.8) is 0 Å². The van der Waals surface area contributed by atoms with Gasteiger partial charge in [0.15, 0.2) is 6.61 Å². The van der Waals surface area contributed by atoms with Gasteiger partial charge in [-0.2, -0.15) is 0 Å². The highest BCUT2D eigenvalue weighted by molar-refractivity contribution is 6.04. The van der Waals surface area contributed by atoms with E-state index in [1.165, 1.54) is 12.1 Å². The quantitative estimate of drug-likeness (QED) is 0.512. The smallest absolute Gasteiger partial charge is 0.411 e. The molecule has 0 spiro atoms. The van der Waals surface area contributed by atoms with Gasteiger partial charge in [-0.25, -0.2) is 9.59 Å². The SMILES string of the molecule is CCOC(=O)Nc1cccc(C(=O)OCC(=O)Nc2ccccc2C(=O)NCC(C)C)c1. The van der Waals surface area contributed by atoms with E-state index in [2.05, 4.69) is 16.0 Å². The average Bonchev–Trinajstić information content (AvgIpc) is 2.76. The molecule has 0 fully saturated rings. The van der Waals surface area contributed by atoms with Gasteiger partial charge in [0.2, 0.25) is 0 Å². The number of carbonyl (C=O) groups is 4. The summed E-state index contributed by atoms with van der Waals surface area (Å²) in [6, 6.07) is 12.6. The van der Waals surface area contributed by atoms with Crippen molar-refractivity contribution in [3.8, 4) is 0 Å². The van der Waals surface area contributed by atoms with E-state index in [1.54, 1.807) is 43.3 Å². The summed E-state index contributed by atoms with van der Waals surface area (Å²) in [6.07, 6.45) is -0.645. The number of nitrogens with one attached hydrogen (secondary N) is 3. The van der Waals surface area contributed by atoms with Crippen molar-refractivity contribution in [2.75, 3.05) is 30.4 Å². The first-order chi connectivity index (χ1) is 15.3. The molecule has 0 aliphatic heterocycles. The van der Waals surface area contributed by atoms with Crippen molar-refractivity contribution in [2.45, 2.75) is 20.8 Å². The molecule has 0 aliphatic carbocycles. The Bertz CT molecular complexity index is 974. The zero-order valence-corrected chi connectivity index (χ0v) is 18.3. The van der Waals surface area contributed by atoms with Crippen molar-refractivity contribution in [3.05, 3.63) is 59.7 Å². The fraction of sp³-hybridized carbons (Fsp3) is 0.304. The number of ether oxygens (including phenoxy) is 2. The molecule has 0 radical (unpaired) electrons. The molecule has 3 amide bonds. The normalized spacial score (nSPS) is 10.2. The molecule has 0 aromatic heterocycles. The Balaban J connectivity index is 1.94. The van der Waals surface area contributed by atoms with Crippen LogP contribution in [0.5, 0.6) is 0 Å². The third-order valence-corrected chi connectivity index (χ3v) is 4.07. The second kappa shape index (κ2) is 12.1. The average molecular weight is 441 g/mol. The fourth-order valence-corrected chi connectivity index (χ4v) is 2.59. The maximum Gasteiger partial charge on any atom is 0.411 e. The predicted molar refractivity (Wildman–Crippen MR) is 120 cm³/mol. The van der Waals surface area contributed by atoms with Crippen LogP contribution in [0.3, 0.4) is 0 Å². The van der Waals surface area contributed by atoms with Gasteiger partial charge in [-0.1, -0.05) is 32.0 Å². The minimum absolute atomic E-state index is 0.153. The molecule has 0 saturated carbocycles. The van der Waals surface area contributed by atoms with Crippen LogP contribution in [0.25, 0.3) is 0 Å². The van der Waals surface area contributed by atoms with Gasteiger partial charge in [-0.3, -0.25) is 14.9 Å². The second-order valence-corrected chi connectivity index (χ2v) is 7.20. The summed E-state index contributed by atoms with van der Waals surface area (Å²) >= 11 is 0. The summed E-state index contributed by atoms with van der Waals surface area (Å²) in [5, 5.41) is 7.87. The highest BCUT2D eigenvalue weighted by Crippen LogP contribution is 2.16. The van der Waals surface area contributed by atoms with Crippen LogP contribution in [-0.4, -0.2) is 43.6 Å². The molecule has 0 heterocycles. The van der Waals surface area contributed by atoms with Crippen LogP contribution in [0.1, 0.15) is 41.5 Å². The van der Waals surface area contributed by atoms with Crippen LogP contribution in [0.4, 0.5) is 16.2 Å². The van der Waals surface area contributed by atoms with Crippen LogP contribution in [0, 0.1) is 5.92 Å². The molecular formula is C23H27N3O6. The Labute approximate surface area is 186 Å². The van der Waals surface area contributed by atoms with Crippen molar-refractivity contribution in [1.82, 2.24) is 5.32 Å². The first kappa shape index (κ1) is 24.4. The van der Waals surface area contributed by atoms with Gasteiger partial charge in [0.1, 0.15) is 0 Å². The van der Waals surface area contributed by atoms with E-state index < -0.39 is 24.6 Å². The summed E-state index contributed by atoms with van der Waals surface area (Å²) < 4.78 is 9.84. The lowest BCUT2D eigenvalue weighted by atomic mass is 10.1. The van der Waals surface area contributed by atoms with E-state index in [0.29, 0.717) is 23.5 Å². The topological polar surface area (TPSA) is 123 Å². The van der Waals surface area contributed by atoms with Gasteiger partial charge < -0.3 is 20.1 Å². The fourth-order valence-electron chi connectivity index (χ4n) is 2.59. The Morgan fingerprint density at radius 3 is 2.41 bits per heavy atom. The molecule has 9 heteroatoms. The zero-order valence-electron chi connectivity index (χ0n) is 18.3. The number of hydrogen-bond acceptors (Lipinski definition) is 6. The molecule has 2 aromatic rings. The molecule has 2 aromatic carbocycles. The van der Waals surface area contributed by atoms with Crippen LogP contribution < -0.4 is 16.0 Å². The third kappa shape index (κ3) is 7.75. The lowest BCUT2D eigenvalue weighted by Crippen LogP contribution is -2.29. The molecule has 0 bridgehead atoms. The van der Waals surface area contributed by atoms with E-state index >= 15 is 0 Å². The summed E-state index contributed by atoms with van der Waals surface area (Å²) in [5.41, 5.74) is 1.13. The molecular weight excluding hydrogens is 414 g/mol. The maximum absolute atomic E-state index is 12.4. The monoisotopic (exact) mass is 441 g/mol. The number of para-hydroxylation sites is 1. The highest BCUT2D eigenvalue weighted by Gasteiger charge is 2.15. The van der Waals surface area contributed by atoms with Gasteiger partial charge in [-0.05, 0) is 43.2 Å². The highest BCUT2D eigenvalue weighted by atomic mass is 16.5. The number of hydrogen-bond donors (Lipinski definition) is 3. The maximum atomic E-state index is 12.4. The minimum Gasteiger partial charge on any atom is -0.452 e. The first-order valence-corrected chi connectivity index (χ1v) is 10.2. The van der Waals surface area contributed by atoms with E-state index in [1.807, 2.05) is 13.8 Å². The van der Waals surface area contributed by atoms with Crippen LogP contribution in [0.15, 0.2) is 48.5 Å². The van der Waals surface area contributed by atoms with Crippen LogP contribution in [0.2, 0.25) is 0 Å². The van der Waals surface area contributed by atoms with Crippen LogP contribution >= 0.6 is 0 Å². The van der Waals surface area contributed by atoms with Crippen molar-refractivity contribution in [1.29, 1.82) is 0 Å². The van der Waals surface area contributed by atoms with Gasteiger partial charge in [0.25, 0.3) is 11.8 Å². The Hall–Kier alpha value is -3.88. The molecule has 0 atom stereocenters. The third-order valence-electron chi connectivity index (χ3n) is 4.07.